The lowest BCUT2D eigenvalue weighted by Gasteiger charge is -2.17. The van der Waals surface area contributed by atoms with E-state index in [9.17, 15) is 0 Å². The molecule has 0 heterocycles. The van der Waals surface area contributed by atoms with Gasteiger partial charge in [0.1, 0.15) is 5.75 Å². The molecule has 0 radical (unpaired) electrons. The highest BCUT2D eigenvalue weighted by molar-refractivity contribution is 5.36. The molecule has 1 aromatic rings. The van der Waals surface area contributed by atoms with Crippen molar-refractivity contribution in [2.45, 2.75) is 32.7 Å². The first-order chi connectivity index (χ1) is 7.69. The summed E-state index contributed by atoms with van der Waals surface area (Å²) in [5, 5.41) is 0. The van der Waals surface area contributed by atoms with Crippen LogP contribution in [0.25, 0.3) is 0 Å². The Hall–Kier alpha value is -1.28. The Bertz CT molecular complexity index is 346. The smallest absolute Gasteiger partial charge is 0.124 e. The molecule has 2 N–H and O–H groups in total. The van der Waals surface area contributed by atoms with Crippen LogP contribution < -0.4 is 10.5 Å². The van der Waals surface area contributed by atoms with Crippen molar-refractivity contribution >= 4 is 0 Å². The van der Waals surface area contributed by atoms with E-state index >= 15 is 0 Å². The van der Waals surface area contributed by atoms with Gasteiger partial charge in [-0.3, -0.25) is 0 Å². The summed E-state index contributed by atoms with van der Waals surface area (Å²) >= 11 is 0. The van der Waals surface area contributed by atoms with E-state index in [1.165, 1.54) is 5.57 Å². The molecule has 2 heteroatoms. The Labute approximate surface area is 98.1 Å². The van der Waals surface area contributed by atoms with Gasteiger partial charge >= 0.3 is 0 Å². The quantitative estimate of drug-likeness (QED) is 0.744. The number of benzene rings is 1. The van der Waals surface area contributed by atoms with Crippen molar-refractivity contribution in [2.24, 2.45) is 5.73 Å². The lowest BCUT2D eigenvalue weighted by atomic mass is 9.98. The first kappa shape index (κ1) is 12.8. The van der Waals surface area contributed by atoms with Crippen molar-refractivity contribution in [2.75, 3.05) is 6.61 Å². The second-order valence-corrected chi connectivity index (χ2v) is 3.89. The predicted molar refractivity (Wildman–Crippen MR) is 68.6 cm³/mol. The number of rotatable bonds is 6. The second-order valence-electron chi connectivity index (χ2n) is 3.89. The van der Waals surface area contributed by atoms with E-state index in [-0.39, 0.29) is 6.04 Å². The summed E-state index contributed by atoms with van der Waals surface area (Å²) < 4.78 is 5.56. The summed E-state index contributed by atoms with van der Waals surface area (Å²) in [4.78, 5) is 0. The molecule has 0 amide bonds. The van der Waals surface area contributed by atoms with E-state index < -0.39 is 0 Å². The molecular weight excluding hydrogens is 198 g/mol. The first-order valence-corrected chi connectivity index (χ1v) is 5.83. The fraction of sp³-hybridized carbons (Fsp3) is 0.429. The lowest BCUT2D eigenvalue weighted by Crippen LogP contribution is -2.12. The van der Waals surface area contributed by atoms with E-state index in [4.69, 9.17) is 10.5 Å². The van der Waals surface area contributed by atoms with E-state index in [1.54, 1.807) is 0 Å². The minimum Gasteiger partial charge on any atom is -0.494 e. The average Bonchev–Trinajstić information content (AvgIpc) is 2.30. The van der Waals surface area contributed by atoms with Gasteiger partial charge in [0.05, 0.1) is 6.61 Å². The van der Waals surface area contributed by atoms with Gasteiger partial charge in [-0.2, -0.15) is 0 Å². The summed E-state index contributed by atoms with van der Waals surface area (Å²) in [7, 11) is 0. The van der Waals surface area contributed by atoms with Gasteiger partial charge in [-0.1, -0.05) is 37.3 Å². The summed E-state index contributed by atoms with van der Waals surface area (Å²) in [6.07, 6.45) is 1.80. The molecule has 0 spiro atoms. The zero-order valence-electron chi connectivity index (χ0n) is 10.2. The Balaban J connectivity index is 2.81. The van der Waals surface area contributed by atoms with Gasteiger partial charge < -0.3 is 10.5 Å². The van der Waals surface area contributed by atoms with Gasteiger partial charge in [0, 0.05) is 11.6 Å². The predicted octanol–water partition coefficient (Wildman–Crippen LogP) is 3.44. The molecule has 16 heavy (non-hydrogen) atoms. The van der Waals surface area contributed by atoms with Crippen LogP contribution in [0.2, 0.25) is 0 Å². The third kappa shape index (κ3) is 3.38. The minimum absolute atomic E-state index is 0.0183. The number of ether oxygens (including phenoxy) is 1. The van der Waals surface area contributed by atoms with E-state index in [0.717, 1.165) is 24.2 Å². The van der Waals surface area contributed by atoms with Crippen molar-refractivity contribution in [3.8, 4) is 5.75 Å². The van der Waals surface area contributed by atoms with Crippen LogP contribution >= 0.6 is 0 Å². The number of para-hydroxylation sites is 1. The molecule has 0 aliphatic carbocycles. The summed E-state index contributed by atoms with van der Waals surface area (Å²) in [5.41, 5.74) is 8.41. The Morgan fingerprint density at radius 2 is 2.06 bits per heavy atom. The Kier molecular flexibility index (Phi) is 5.06. The third-order valence-corrected chi connectivity index (χ3v) is 2.63. The zero-order valence-corrected chi connectivity index (χ0v) is 10.2. The standard InChI is InChI=1S/C14H21NO/c1-4-11(3)10-13(15)12-8-6-7-9-14(12)16-5-2/h6-9,13H,3-5,10,15H2,1-2H3. The highest BCUT2D eigenvalue weighted by Crippen LogP contribution is 2.27. The van der Waals surface area contributed by atoms with Gasteiger partial charge in [-0.25, -0.2) is 0 Å². The first-order valence-electron chi connectivity index (χ1n) is 5.83. The van der Waals surface area contributed by atoms with E-state index in [0.29, 0.717) is 6.61 Å². The molecule has 1 atom stereocenters. The largest absolute Gasteiger partial charge is 0.494 e. The number of hydrogen-bond donors (Lipinski definition) is 1. The maximum absolute atomic E-state index is 6.16. The Morgan fingerprint density at radius 3 is 2.69 bits per heavy atom. The fourth-order valence-corrected chi connectivity index (χ4v) is 1.64. The minimum atomic E-state index is -0.0183. The van der Waals surface area contributed by atoms with Gasteiger partial charge in [0.25, 0.3) is 0 Å². The SMILES string of the molecule is C=C(CC)CC(N)c1ccccc1OCC. The molecular formula is C14H21NO. The molecule has 0 saturated heterocycles. The van der Waals surface area contributed by atoms with Crippen LogP contribution in [0.5, 0.6) is 5.75 Å². The third-order valence-electron chi connectivity index (χ3n) is 2.63. The van der Waals surface area contributed by atoms with Crippen LogP contribution in [0, 0.1) is 0 Å². The Morgan fingerprint density at radius 1 is 1.38 bits per heavy atom. The molecule has 88 valence electrons. The molecule has 1 aromatic carbocycles. The summed E-state index contributed by atoms with van der Waals surface area (Å²) in [6.45, 7) is 8.74. The van der Waals surface area contributed by atoms with Crippen LogP contribution in [-0.2, 0) is 0 Å². The van der Waals surface area contributed by atoms with Crippen molar-refractivity contribution in [3.63, 3.8) is 0 Å². The van der Waals surface area contributed by atoms with Crippen LogP contribution in [0.4, 0.5) is 0 Å². The normalized spacial score (nSPS) is 12.2. The highest BCUT2D eigenvalue weighted by atomic mass is 16.5. The maximum atomic E-state index is 6.16. The van der Waals surface area contributed by atoms with Gasteiger partial charge in [0.2, 0.25) is 0 Å². The molecule has 0 saturated carbocycles. The van der Waals surface area contributed by atoms with Crippen molar-refractivity contribution < 1.29 is 4.74 Å². The van der Waals surface area contributed by atoms with Gasteiger partial charge in [-0.15, -0.1) is 0 Å². The summed E-state index contributed by atoms with van der Waals surface area (Å²) in [5.74, 6) is 0.890. The molecule has 1 rings (SSSR count). The van der Waals surface area contributed by atoms with Crippen LogP contribution in [0.15, 0.2) is 36.4 Å². The topological polar surface area (TPSA) is 35.2 Å². The van der Waals surface area contributed by atoms with Crippen molar-refractivity contribution in [1.29, 1.82) is 0 Å². The molecule has 2 nitrogen and oxygen atoms in total. The van der Waals surface area contributed by atoms with Crippen LogP contribution in [-0.4, -0.2) is 6.61 Å². The fourth-order valence-electron chi connectivity index (χ4n) is 1.64. The van der Waals surface area contributed by atoms with Crippen molar-refractivity contribution in [3.05, 3.63) is 42.0 Å². The molecule has 0 fully saturated rings. The maximum Gasteiger partial charge on any atom is 0.124 e. The monoisotopic (exact) mass is 219 g/mol. The summed E-state index contributed by atoms with van der Waals surface area (Å²) in [6, 6.07) is 7.93. The average molecular weight is 219 g/mol. The molecule has 0 aliphatic heterocycles. The van der Waals surface area contributed by atoms with Crippen LogP contribution in [0.3, 0.4) is 0 Å². The zero-order chi connectivity index (χ0) is 12.0. The molecule has 0 aromatic heterocycles. The molecule has 0 aliphatic rings. The van der Waals surface area contributed by atoms with E-state index in [1.807, 2.05) is 31.2 Å². The highest BCUT2D eigenvalue weighted by Gasteiger charge is 2.11. The second kappa shape index (κ2) is 6.33. The van der Waals surface area contributed by atoms with Gasteiger partial charge in [-0.05, 0) is 25.8 Å². The van der Waals surface area contributed by atoms with E-state index in [2.05, 4.69) is 13.5 Å². The van der Waals surface area contributed by atoms with Crippen molar-refractivity contribution in [1.82, 2.24) is 0 Å². The molecule has 0 bridgehead atoms. The van der Waals surface area contributed by atoms with Crippen LogP contribution in [0.1, 0.15) is 38.3 Å². The molecule has 1 unspecified atom stereocenters. The number of nitrogens with two attached hydrogens (primary N) is 1. The van der Waals surface area contributed by atoms with Gasteiger partial charge in [0.15, 0.2) is 0 Å². The lowest BCUT2D eigenvalue weighted by molar-refractivity contribution is 0.334. The number of hydrogen-bond acceptors (Lipinski definition) is 2.